The van der Waals surface area contributed by atoms with Crippen molar-refractivity contribution < 1.29 is 9.53 Å². The molecule has 1 aromatic rings. The van der Waals surface area contributed by atoms with Gasteiger partial charge in [0.2, 0.25) is 0 Å². The molecule has 0 unspecified atom stereocenters. The van der Waals surface area contributed by atoms with Crippen molar-refractivity contribution in [2.24, 2.45) is 0 Å². The van der Waals surface area contributed by atoms with Crippen molar-refractivity contribution in [1.82, 2.24) is 0 Å². The summed E-state index contributed by atoms with van der Waals surface area (Å²) in [6, 6.07) is 7.15. The van der Waals surface area contributed by atoms with Gasteiger partial charge in [-0.25, -0.2) is 0 Å². The molecule has 0 amide bonds. The Morgan fingerprint density at radius 3 is 2.56 bits per heavy atom. The lowest BCUT2D eigenvalue weighted by Crippen LogP contribution is -2.05. The predicted octanol–water partition coefficient (Wildman–Crippen LogP) is 2.56. The van der Waals surface area contributed by atoms with E-state index in [4.69, 9.17) is 21.7 Å². The van der Waals surface area contributed by atoms with Gasteiger partial charge in [-0.2, -0.15) is 0 Å². The average molecular weight is 258 g/mol. The second-order valence-corrected chi connectivity index (χ2v) is 4.27. The zero-order valence-electron chi connectivity index (χ0n) is 8.83. The third-order valence-electron chi connectivity index (χ3n) is 1.88. The van der Waals surface area contributed by atoms with Gasteiger partial charge >= 0.3 is 0 Å². The number of hydrogen-bond acceptors (Lipinski definition) is 4. The predicted molar refractivity (Wildman–Crippen MR) is 68.0 cm³/mol. The van der Waals surface area contributed by atoms with Crippen LogP contribution in [0, 0.1) is 5.41 Å². The van der Waals surface area contributed by atoms with E-state index in [1.165, 1.54) is 11.8 Å². The number of alkyl halides is 1. The van der Waals surface area contributed by atoms with Crippen LogP contribution in [0.3, 0.4) is 0 Å². The van der Waals surface area contributed by atoms with Gasteiger partial charge in [0.15, 0.2) is 5.78 Å². The first kappa shape index (κ1) is 13.1. The van der Waals surface area contributed by atoms with Crippen molar-refractivity contribution in [1.29, 1.82) is 5.41 Å². The highest BCUT2D eigenvalue weighted by atomic mass is 35.5. The van der Waals surface area contributed by atoms with Gasteiger partial charge in [0.05, 0.1) is 23.8 Å². The SMILES string of the molecule is COc1ccc(C(=N)SCC(=O)CCl)cc1. The second kappa shape index (κ2) is 6.55. The molecule has 1 rings (SSSR count). The molecule has 1 N–H and O–H groups in total. The van der Waals surface area contributed by atoms with Crippen molar-refractivity contribution in [3.8, 4) is 5.75 Å². The highest BCUT2D eigenvalue weighted by molar-refractivity contribution is 8.14. The topological polar surface area (TPSA) is 50.1 Å². The largest absolute Gasteiger partial charge is 0.497 e. The molecule has 0 fully saturated rings. The van der Waals surface area contributed by atoms with Crippen LogP contribution in [-0.4, -0.2) is 29.6 Å². The first-order valence-electron chi connectivity index (χ1n) is 4.61. The summed E-state index contributed by atoms with van der Waals surface area (Å²) in [6.07, 6.45) is 0. The summed E-state index contributed by atoms with van der Waals surface area (Å²) in [5, 5.41) is 8.11. The molecule has 0 bridgehead atoms. The Kier molecular flexibility index (Phi) is 5.35. The summed E-state index contributed by atoms with van der Waals surface area (Å²) in [6.45, 7) is 0. The molecule has 0 saturated carbocycles. The molecule has 1 aromatic carbocycles. The molecular formula is C11H12ClNO2S. The maximum atomic E-state index is 11.0. The number of ketones is 1. The number of hydrogen-bond donors (Lipinski definition) is 1. The van der Waals surface area contributed by atoms with Crippen LogP contribution in [0.4, 0.5) is 0 Å². The van der Waals surface area contributed by atoms with Gasteiger partial charge < -0.3 is 4.74 Å². The number of rotatable bonds is 5. The molecule has 0 aromatic heterocycles. The lowest BCUT2D eigenvalue weighted by Gasteiger charge is -2.04. The summed E-state index contributed by atoms with van der Waals surface area (Å²) < 4.78 is 5.02. The van der Waals surface area contributed by atoms with Crippen molar-refractivity contribution >= 4 is 34.2 Å². The number of methoxy groups -OCH3 is 1. The molecule has 0 spiro atoms. The normalized spacial score (nSPS) is 9.88. The molecule has 0 radical (unpaired) electrons. The van der Waals surface area contributed by atoms with E-state index < -0.39 is 0 Å². The van der Waals surface area contributed by atoms with E-state index in [2.05, 4.69) is 0 Å². The van der Waals surface area contributed by atoms with Crippen LogP contribution in [-0.2, 0) is 4.79 Å². The summed E-state index contributed by atoms with van der Waals surface area (Å²) in [4.78, 5) is 11.0. The Morgan fingerprint density at radius 2 is 2.06 bits per heavy atom. The quantitative estimate of drug-likeness (QED) is 0.501. The smallest absolute Gasteiger partial charge is 0.157 e. The second-order valence-electron chi connectivity index (χ2n) is 3.02. The lowest BCUT2D eigenvalue weighted by molar-refractivity contribution is -0.114. The van der Waals surface area contributed by atoms with E-state index in [1.54, 1.807) is 31.4 Å². The average Bonchev–Trinajstić information content (AvgIpc) is 2.35. The highest BCUT2D eigenvalue weighted by Gasteiger charge is 2.06. The molecule has 16 heavy (non-hydrogen) atoms. The van der Waals surface area contributed by atoms with Crippen LogP contribution in [0.5, 0.6) is 5.75 Å². The number of halogens is 1. The van der Waals surface area contributed by atoms with Crippen molar-refractivity contribution in [2.45, 2.75) is 0 Å². The van der Waals surface area contributed by atoms with E-state index in [0.29, 0.717) is 5.04 Å². The molecule has 0 saturated heterocycles. The maximum absolute atomic E-state index is 11.0. The number of carbonyl (C=O) groups excluding carboxylic acids is 1. The number of thioether (sulfide) groups is 1. The zero-order chi connectivity index (χ0) is 12.0. The van der Waals surface area contributed by atoms with Crippen LogP contribution < -0.4 is 4.74 Å². The minimum Gasteiger partial charge on any atom is -0.497 e. The zero-order valence-corrected chi connectivity index (χ0v) is 10.4. The Morgan fingerprint density at radius 1 is 1.44 bits per heavy atom. The number of carbonyl (C=O) groups is 1. The summed E-state index contributed by atoms with van der Waals surface area (Å²) in [7, 11) is 1.59. The van der Waals surface area contributed by atoms with E-state index >= 15 is 0 Å². The van der Waals surface area contributed by atoms with Crippen LogP contribution >= 0.6 is 23.4 Å². The molecule has 5 heteroatoms. The van der Waals surface area contributed by atoms with Crippen LogP contribution in [0.25, 0.3) is 0 Å². The van der Waals surface area contributed by atoms with Crippen LogP contribution in [0.1, 0.15) is 5.56 Å². The standard InChI is InChI=1S/C11H12ClNO2S/c1-15-10-4-2-8(3-5-10)11(13)16-7-9(14)6-12/h2-5,13H,6-7H2,1H3. The first-order chi connectivity index (χ1) is 7.67. The molecule has 3 nitrogen and oxygen atoms in total. The fourth-order valence-electron chi connectivity index (χ4n) is 1.02. The van der Waals surface area contributed by atoms with Gasteiger partial charge in [0.25, 0.3) is 0 Å². The summed E-state index contributed by atoms with van der Waals surface area (Å²) in [5.74, 6) is 0.931. The number of Topliss-reactive ketones (excluding diaryl/α,β-unsaturated/α-hetero) is 1. The molecule has 86 valence electrons. The molecule has 0 heterocycles. The summed E-state index contributed by atoms with van der Waals surface area (Å²) in [5.41, 5.74) is 0.771. The summed E-state index contributed by atoms with van der Waals surface area (Å²) >= 11 is 6.56. The van der Waals surface area contributed by atoms with E-state index in [-0.39, 0.29) is 17.4 Å². The molecule has 0 aliphatic heterocycles. The minimum absolute atomic E-state index is 0.00287. The Balaban J connectivity index is 2.56. The lowest BCUT2D eigenvalue weighted by atomic mass is 10.2. The first-order valence-corrected chi connectivity index (χ1v) is 6.13. The van der Waals surface area contributed by atoms with Gasteiger partial charge in [-0.1, -0.05) is 11.8 Å². The minimum atomic E-state index is -0.0649. The van der Waals surface area contributed by atoms with Gasteiger partial charge in [0.1, 0.15) is 5.75 Å². The molecule has 0 aliphatic carbocycles. The Hall–Kier alpha value is -1.00. The van der Waals surface area contributed by atoms with Gasteiger partial charge in [-0.05, 0) is 24.3 Å². The third-order valence-corrected chi connectivity index (χ3v) is 3.17. The number of benzene rings is 1. The molecular weight excluding hydrogens is 246 g/mol. The molecule has 0 aliphatic rings. The van der Waals surface area contributed by atoms with Crippen molar-refractivity contribution in [3.63, 3.8) is 0 Å². The Labute approximate surface area is 104 Å². The molecule has 0 atom stereocenters. The fourth-order valence-corrected chi connectivity index (χ4v) is 1.93. The van der Waals surface area contributed by atoms with Crippen LogP contribution in [0.15, 0.2) is 24.3 Å². The van der Waals surface area contributed by atoms with E-state index in [0.717, 1.165) is 11.3 Å². The number of ether oxygens (including phenoxy) is 1. The number of nitrogens with one attached hydrogen (secondary N) is 1. The van der Waals surface area contributed by atoms with E-state index in [1.807, 2.05) is 0 Å². The monoisotopic (exact) mass is 257 g/mol. The van der Waals surface area contributed by atoms with E-state index in [9.17, 15) is 4.79 Å². The van der Waals surface area contributed by atoms with Gasteiger partial charge in [0, 0.05) is 5.56 Å². The van der Waals surface area contributed by atoms with Crippen LogP contribution in [0.2, 0.25) is 0 Å². The Bertz CT molecular complexity index is 378. The van der Waals surface area contributed by atoms with Gasteiger partial charge in [-0.3, -0.25) is 10.2 Å². The fraction of sp³-hybridized carbons (Fsp3) is 0.273. The highest BCUT2D eigenvalue weighted by Crippen LogP contribution is 2.16. The van der Waals surface area contributed by atoms with Crippen molar-refractivity contribution in [3.05, 3.63) is 29.8 Å². The van der Waals surface area contributed by atoms with Crippen molar-refractivity contribution in [2.75, 3.05) is 18.7 Å². The van der Waals surface area contributed by atoms with Gasteiger partial charge in [-0.15, -0.1) is 11.6 Å². The maximum Gasteiger partial charge on any atom is 0.157 e. The third kappa shape index (κ3) is 3.87.